The van der Waals surface area contributed by atoms with Gasteiger partial charge in [-0.1, -0.05) is 19.1 Å². The number of ether oxygens (including phenoxy) is 1. The van der Waals surface area contributed by atoms with Crippen molar-refractivity contribution in [2.24, 2.45) is 11.8 Å². The van der Waals surface area contributed by atoms with Crippen LogP contribution in [0.2, 0.25) is 0 Å². The molecule has 1 aliphatic carbocycles. The van der Waals surface area contributed by atoms with E-state index in [1.165, 1.54) is 0 Å². The normalized spacial score (nSPS) is 20.9. The molecule has 4 nitrogen and oxygen atoms in total. The molecular formula is C27H29F6NO3. The molecule has 4 rings (SSSR count). The molecule has 10 heteroatoms. The molecule has 2 aliphatic rings. The molecule has 0 bridgehead atoms. The van der Waals surface area contributed by atoms with Crippen molar-refractivity contribution in [3.05, 3.63) is 64.7 Å². The number of likely N-dealkylation sites (tertiary alicyclic amines) is 1. The molecule has 1 unspecified atom stereocenters. The molecule has 0 amide bonds. The number of hydrogen-bond acceptors (Lipinski definition) is 3. The van der Waals surface area contributed by atoms with Gasteiger partial charge in [-0.05, 0) is 85.5 Å². The highest BCUT2D eigenvalue weighted by atomic mass is 19.4. The Bertz CT molecular complexity index is 1110. The lowest BCUT2D eigenvalue weighted by Gasteiger charge is -2.33. The number of aliphatic carboxylic acids is 1. The Morgan fingerprint density at radius 3 is 2.41 bits per heavy atom. The van der Waals surface area contributed by atoms with Crippen LogP contribution < -0.4 is 4.74 Å². The first-order chi connectivity index (χ1) is 17.3. The summed E-state index contributed by atoms with van der Waals surface area (Å²) in [5.41, 5.74) is -1.73. The van der Waals surface area contributed by atoms with Gasteiger partial charge in [0.25, 0.3) is 0 Å². The lowest BCUT2D eigenvalue weighted by atomic mass is 9.83. The number of benzene rings is 2. The van der Waals surface area contributed by atoms with Crippen LogP contribution >= 0.6 is 0 Å². The van der Waals surface area contributed by atoms with E-state index in [9.17, 15) is 36.2 Å². The molecule has 1 aliphatic heterocycles. The Morgan fingerprint density at radius 2 is 1.78 bits per heavy atom. The van der Waals surface area contributed by atoms with E-state index in [1.807, 2.05) is 12.1 Å². The standard InChI is InChI=1S/C27H29F6NO3/c1-16(25(35)36)24(17-7-8-17)18-4-2-5-21(13-18)37-22-6-3-11-34(15-22)14-19-12-20(26(28,29)30)9-10-23(19)27(31,32)33/h2,4-5,9-10,12-13,16-17,22,24H,3,6-8,11,14-15H2,1H3,(H,35,36)/t16-,22?,24-/m0/s1. The molecule has 37 heavy (non-hydrogen) atoms. The number of piperidine rings is 1. The molecule has 0 spiro atoms. The predicted molar refractivity (Wildman–Crippen MR) is 124 cm³/mol. The van der Waals surface area contributed by atoms with E-state index in [4.69, 9.17) is 4.74 Å². The summed E-state index contributed by atoms with van der Waals surface area (Å²) in [5.74, 6) is -0.697. The maximum Gasteiger partial charge on any atom is 0.416 e. The van der Waals surface area contributed by atoms with Gasteiger partial charge in [0.15, 0.2) is 0 Å². The second-order valence-corrected chi connectivity index (χ2v) is 10.0. The van der Waals surface area contributed by atoms with Gasteiger partial charge in [-0.25, -0.2) is 0 Å². The SMILES string of the molecule is C[C@H](C(=O)O)[C@H](c1cccc(OC2CCCN(Cc3cc(C(F)(F)F)ccc3C(F)(F)F)C2)c1)C1CC1. The first-order valence-corrected chi connectivity index (χ1v) is 12.3. The fraction of sp³-hybridized carbons (Fsp3) is 0.519. The van der Waals surface area contributed by atoms with Crippen molar-refractivity contribution in [2.45, 2.75) is 63.5 Å². The number of rotatable bonds is 8. The first-order valence-electron chi connectivity index (χ1n) is 12.3. The average molecular weight is 530 g/mol. The number of carboxylic acid groups (broad SMARTS) is 1. The third-order valence-electron chi connectivity index (χ3n) is 7.20. The Labute approximate surface area is 211 Å². The smallest absolute Gasteiger partial charge is 0.416 e. The van der Waals surface area contributed by atoms with Gasteiger partial charge >= 0.3 is 18.3 Å². The van der Waals surface area contributed by atoms with Crippen molar-refractivity contribution < 1.29 is 41.0 Å². The van der Waals surface area contributed by atoms with Gasteiger partial charge in [0.1, 0.15) is 11.9 Å². The van der Waals surface area contributed by atoms with E-state index in [1.54, 1.807) is 24.0 Å². The number of carbonyl (C=O) groups is 1. The minimum Gasteiger partial charge on any atom is -0.489 e. The van der Waals surface area contributed by atoms with Gasteiger partial charge in [-0.2, -0.15) is 26.3 Å². The van der Waals surface area contributed by atoms with Gasteiger partial charge in [0, 0.05) is 13.1 Å². The molecule has 1 heterocycles. The van der Waals surface area contributed by atoms with E-state index in [-0.39, 0.29) is 25.1 Å². The zero-order valence-corrected chi connectivity index (χ0v) is 20.3. The predicted octanol–water partition coefficient (Wildman–Crippen LogP) is 6.98. The van der Waals surface area contributed by atoms with Crippen molar-refractivity contribution in [3.63, 3.8) is 0 Å². The Hall–Kier alpha value is -2.75. The molecule has 1 saturated carbocycles. The minimum absolute atomic E-state index is 0.134. The highest BCUT2D eigenvalue weighted by Gasteiger charge is 2.39. The summed E-state index contributed by atoms with van der Waals surface area (Å²) in [7, 11) is 0. The summed E-state index contributed by atoms with van der Waals surface area (Å²) >= 11 is 0. The summed E-state index contributed by atoms with van der Waals surface area (Å²) < 4.78 is 86.2. The maximum atomic E-state index is 13.5. The fourth-order valence-electron chi connectivity index (χ4n) is 5.24. The fourth-order valence-corrected chi connectivity index (χ4v) is 5.24. The number of carboxylic acids is 1. The Morgan fingerprint density at radius 1 is 1.05 bits per heavy atom. The highest BCUT2D eigenvalue weighted by Crippen LogP contribution is 2.47. The van der Waals surface area contributed by atoms with Gasteiger partial charge in [0.05, 0.1) is 17.0 Å². The van der Waals surface area contributed by atoms with Crippen molar-refractivity contribution in [3.8, 4) is 5.75 Å². The van der Waals surface area contributed by atoms with Crippen LogP contribution in [0.25, 0.3) is 0 Å². The second-order valence-electron chi connectivity index (χ2n) is 10.0. The van der Waals surface area contributed by atoms with Crippen molar-refractivity contribution in [1.82, 2.24) is 4.90 Å². The summed E-state index contributed by atoms with van der Waals surface area (Å²) in [6, 6.07) is 8.81. The van der Waals surface area contributed by atoms with E-state index in [0.717, 1.165) is 18.4 Å². The van der Waals surface area contributed by atoms with E-state index in [0.29, 0.717) is 49.3 Å². The van der Waals surface area contributed by atoms with Crippen molar-refractivity contribution in [1.29, 1.82) is 0 Å². The van der Waals surface area contributed by atoms with Gasteiger partial charge < -0.3 is 9.84 Å². The quantitative estimate of drug-likeness (QED) is 0.375. The third kappa shape index (κ3) is 6.77. The summed E-state index contributed by atoms with van der Waals surface area (Å²) in [5, 5.41) is 9.53. The van der Waals surface area contributed by atoms with E-state index < -0.39 is 40.9 Å². The van der Waals surface area contributed by atoms with Crippen LogP contribution in [-0.2, 0) is 23.7 Å². The Balaban J connectivity index is 1.48. The zero-order valence-electron chi connectivity index (χ0n) is 20.3. The molecule has 0 aromatic heterocycles. The molecule has 1 N–H and O–H groups in total. The summed E-state index contributed by atoms with van der Waals surface area (Å²) in [6.45, 7) is 2.11. The molecule has 1 saturated heterocycles. The van der Waals surface area contributed by atoms with E-state index >= 15 is 0 Å². The zero-order chi connectivity index (χ0) is 27.0. The van der Waals surface area contributed by atoms with Crippen LogP contribution in [0.4, 0.5) is 26.3 Å². The molecule has 0 radical (unpaired) electrons. The lowest BCUT2D eigenvalue weighted by molar-refractivity contribution is -0.142. The van der Waals surface area contributed by atoms with Crippen LogP contribution in [0.5, 0.6) is 5.75 Å². The second kappa shape index (κ2) is 10.6. The number of halogens is 6. The first kappa shape index (κ1) is 27.3. The van der Waals surface area contributed by atoms with Gasteiger partial charge in [0.2, 0.25) is 0 Å². The lowest BCUT2D eigenvalue weighted by Crippen LogP contribution is -2.41. The summed E-state index contributed by atoms with van der Waals surface area (Å²) in [4.78, 5) is 13.3. The third-order valence-corrected chi connectivity index (χ3v) is 7.20. The molecular weight excluding hydrogens is 500 g/mol. The van der Waals surface area contributed by atoms with Crippen LogP contribution in [0.1, 0.15) is 60.8 Å². The van der Waals surface area contributed by atoms with Crippen LogP contribution in [0, 0.1) is 11.8 Å². The molecule has 202 valence electrons. The molecule has 2 aromatic carbocycles. The summed E-state index contributed by atoms with van der Waals surface area (Å²) in [6.07, 6.45) is -6.66. The largest absolute Gasteiger partial charge is 0.489 e. The number of nitrogens with zero attached hydrogens (tertiary/aromatic N) is 1. The highest BCUT2D eigenvalue weighted by molar-refractivity contribution is 5.71. The topological polar surface area (TPSA) is 49.8 Å². The number of alkyl halides is 6. The van der Waals surface area contributed by atoms with Gasteiger partial charge in [-0.15, -0.1) is 0 Å². The van der Waals surface area contributed by atoms with Crippen LogP contribution in [-0.4, -0.2) is 35.2 Å². The van der Waals surface area contributed by atoms with Crippen molar-refractivity contribution >= 4 is 5.97 Å². The van der Waals surface area contributed by atoms with Crippen LogP contribution in [0.15, 0.2) is 42.5 Å². The minimum atomic E-state index is -4.77. The molecule has 3 atom stereocenters. The van der Waals surface area contributed by atoms with Gasteiger partial charge in [-0.3, -0.25) is 9.69 Å². The monoisotopic (exact) mass is 529 g/mol. The van der Waals surface area contributed by atoms with Crippen LogP contribution in [0.3, 0.4) is 0 Å². The van der Waals surface area contributed by atoms with Crippen molar-refractivity contribution in [2.75, 3.05) is 13.1 Å². The average Bonchev–Trinajstić information content (AvgIpc) is 3.63. The number of hydrogen-bond donors (Lipinski definition) is 1. The maximum absolute atomic E-state index is 13.5. The van der Waals surface area contributed by atoms with E-state index in [2.05, 4.69) is 0 Å². The molecule has 2 aromatic rings. The molecule has 2 fully saturated rings. The Kier molecular flexibility index (Phi) is 7.78.